The first-order valence-electron chi connectivity index (χ1n) is 4.86. The average molecular weight is 185 g/mol. The van der Waals surface area contributed by atoms with Crippen LogP contribution in [-0.2, 0) is 4.79 Å². The second-order valence-corrected chi connectivity index (χ2v) is 3.96. The van der Waals surface area contributed by atoms with Gasteiger partial charge in [-0.2, -0.15) is 0 Å². The predicted octanol–water partition coefficient (Wildman–Crippen LogP) is -0.421. The lowest BCUT2D eigenvalue weighted by Crippen LogP contribution is -2.53. The van der Waals surface area contributed by atoms with Crippen molar-refractivity contribution < 1.29 is 4.79 Å². The van der Waals surface area contributed by atoms with Crippen LogP contribution in [0.5, 0.6) is 0 Å². The number of carbonyl (C=O) groups is 1. The summed E-state index contributed by atoms with van der Waals surface area (Å²) in [5.41, 5.74) is 10.5. The second-order valence-electron chi connectivity index (χ2n) is 3.96. The van der Waals surface area contributed by atoms with E-state index in [0.717, 1.165) is 19.3 Å². The third-order valence-corrected chi connectivity index (χ3v) is 2.58. The molecule has 0 saturated heterocycles. The van der Waals surface area contributed by atoms with Crippen molar-refractivity contribution in [2.45, 2.75) is 31.7 Å². The van der Waals surface area contributed by atoms with Crippen molar-refractivity contribution in [3.63, 3.8) is 0 Å². The quantitative estimate of drug-likeness (QED) is 0.509. The highest BCUT2D eigenvalue weighted by molar-refractivity contribution is 5.86. The molecule has 0 bridgehead atoms. The van der Waals surface area contributed by atoms with Gasteiger partial charge in [-0.3, -0.25) is 4.79 Å². The Morgan fingerprint density at radius 2 is 2.23 bits per heavy atom. The molecule has 0 heterocycles. The van der Waals surface area contributed by atoms with Crippen LogP contribution >= 0.6 is 0 Å². The first kappa shape index (κ1) is 10.5. The maximum absolute atomic E-state index is 11.5. The highest BCUT2D eigenvalue weighted by Crippen LogP contribution is 2.37. The zero-order valence-corrected chi connectivity index (χ0v) is 8.18. The van der Waals surface area contributed by atoms with Crippen molar-refractivity contribution in [2.24, 2.45) is 17.4 Å². The average Bonchev–Trinajstić information content (AvgIpc) is 2.86. The Balaban J connectivity index is 2.28. The van der Waals surface area contributed by atoms with E-state index in [4.69, 9.17) is 11.5 Å². The lowest BCUT2D eigenvalue weighted by molar-refractivity contribution is -0.126. The maximum Gasteiger partial charge on any atom is 0.240 e. The lowest BCUT2D eigenvalue weighted by atomic mass is 9.96. The van der Waals surface area contributed by atoms with Crippen LogP contribution in [0.1, 0.15) is 26.2 Å². The van der Waals surface area contributed by atoms with Crippen LogP contribution in [0.25, 0.3) is 0 Å². The van der Waals surface area contributed by atoms with E-state index in [1.807, 2.05) is 6.92 Å². The van der Waals surface area contributed by atoms with E-state index in [-0.39, 0.29) is 5.91 Å². The minimum absolute atomic E-state index is 0.0385. The summed E-state index contributed by atoms with van der Waals surface area (Å²) in [5, 5.41) is 2.80. The van der Waals surface area contributed by atoms with Crippen molar-refractivity contribution in [3.05, 3.63) is 0 Å². The van der Waals surface area contributed by atoms with Crippen LogP contribution in [0.15, 0.2) is 0 Å². The summed E-state index contributed by atoms with van der Waals surface area (Å²) in [5.74, 6) is 0.342. The van der Waals surface area contributed by atoms with Crippen LogP contribution in [-0.4, -0.2) is 24.5 Å². The molecule has 1 aliphatic carbocycles. The lowest BCUT2D eigenvalue weighted by Gasteiger charge is -2.22. The molecule has 1 rings (SSSR count). The van der Waals surface area contributed by atoms with Gasteiger partial charge in [-0.1, -0.05) is 0 Å². The van der Waals surface area contributed by atoms with Gasteiger partial charge < -0.3 is 16.8 Å². The smallest absolute Gasteiger partial charge is 0.240 e. The van der Waals surface area contributed by atoms with Gasteiger partial charge in [0, 0.05) is 6.54 Å². The molecule has 1 fully saturated rings. The fourth-order valence-electron chi connectivity index (χ4n) is 1.36. The van der Waals surface area contributed by atoms with Gasteiger partial charge in [0.15, 0.2) is 0 Å². The molecule has 0 aromatic heterocycles. The highest BCUT2D eigenvalue weighted by Gasteiger charge is 2.43. The Morgan fingerprint density at radius 3 is 2.69 bits per heavy atom. The van der Waals surface area contributed by atoms with Crippen LogP contribution in [0, 0.1) is 5.92 Å². The van der Waals surface area contributed by atoms with Crippen LogP contribution in [0.2, 0.25) is 0 Å². The third kappa shape index (κ3) is 2.67. The van der Waals surface area contributed by atoms with Crippen molar-refractivity contribution in [1.82, 2.24) is 5.32 Å². The number of nitrogens with two attached hydrogens (primary N) is 2. The number of amides is 1. The molecule has 76 valence electrons. The fourth-order valence-corrected chi connectivity index (χ4v) is 1.36. The van der Waals surface area contributed by atoms with Gasteiger partial charge >= 0.3 is 0 Å². The van der Waals surface area contributed by atoms with E-state index >= 15 is 0 Å². The zero-order chi connectivity index (χ0) is 9.90. The van der Waals surface area contributed by atoms with E-state index in [9.17, 15) is 4.79 Å². The number of nitrogens with one attached hydrogen (secondary N) is 1. The molecule has 1 atom stereocenters. The van der Waals surface area contributed by atoms with Crippen molar-refractivity contribution >= 4 is 5.91 Å². The summed E-state index contributed by atoms with van der Waals surface area (Å²) in [4.78, 5) is 11.5. The van der Waals surface area contributed by atoms with Crippen LogP contribution in [0.3, 0.4) is 0 Å². The fraction of sp³-hybridized carbons (Fsp3) is 0.889. The summed E-state index contributed by atoms with van der Waals surface area (Å²) in [6.45, 7) is 3.04. The van der Waals surface area contributed by atoms with Crippen molar-refractivity contribution in [3.8, 4) is 0 Å². The molecule has 4 nitrogen and oxygen atoms in total. The van der Waals surface area contributed by atoms with Gasteiger partial charge in [0.1, 0.15) is 0 Å². The Morgan fingerprint density at radius 1 is 1.62 bits per heavy atom. The number of rotatable bonds is 5. The zero-order valence-electron chi connectivity index (χ0n) is 8.18. The molecule has 1 unspecified atom stereocenters. The molecule has 13 heavy (non-hydrogen) atoms. The number of hydrogen-bond acceptors (Lipinski definition) is 3. The summed E-state index contributed by atoms with van der Waals surface area (Å²) >= 11 is 0. The van der Waals surface area contributed by atoms with Crippen LogP contribution < -0.4 is 16.8 Å². The molecule has 1 amide bonds. The molecule has 5 N–H and O–H groups in total. The van der Waals surface area contributed by atoms with E-state index in [1.165, 1.54) is 0 Å². The predicted molar refractivity (Wildman–Crippen MR) is 52.0 cm³/mol. The molecule has 1 aliphatic rings. The standard InChI is InChI=1S/C9H19N3O/c1-9(11,7-3-4-7)8(13)12-6-2-5-10/h7H,2-6,10-11H2,1H3,(H,12,13). The van der Waals surface area contributed by atoms with Crippen LogP contribution in [0.4, 0.5) is 0 Å². The minimum atomic E-state index is -0.672. The Labute approximate surface area is 79.0 Å². The largest absolute Gasteiger partial charge is 0.354 e. The van der Waals surface area contributed by atoms with Gasteiger partial charge in [0.2, 0.25) is 5.91 Å². The maximum atomic E-state index is 11.5. The highest BCUT2D eigenvalue weighted by atomic mass is 16.2. The molecule has 1 saturated carbocycles. The number of carbonyl (C=O) groups excluding carboxylic acids is 1. The molecule has 0 aliphatic heterocycles. The molecule has 0 spiro atoms. The Kier molecular flexibility index (Phi) is 3.27. The van der Waals surface area contributed by atoms with E-state index in [0.29, 0.717) is 19.0 Å². The molecule has 4 heteroatoms. The number of hydrogen-bond donors (Lipinski definition) is 3. The van der Waals surface area contributed by atoms with Gasteiger partial charge in [-0.25, -0.2) is 0 Å². The first-order valence-corrected chi connectivity index (χ1v) is 4.86. The van der Waals surface area contributed by atoms with Gasteiger partial charge in [-0.05, 0) is 38.6 Å². The Hall–Kier alpha value is -0.610. The summed E-state index contributed by atoms with van der Waals surface area (Å²) < 4.78 is 0. The molecule has 0 radical (unpaired) electrons. The van der Waals surface area contributed by atoms with E-state index in [2.05, 4.69) is 5.32 Å². The third-order valence-electron chi connectivity index (χ3n) is 2.58. The molecule has 0 aromatic rings. The van der Waals surface area contributed by atoms with Gasteiger partial charge in [0.25, 0.3) is 0 Å². The van der Waals surface area contributed by atoms with E-state index < -0.39 is 5.54 Å². The van der Waals surface area contributed by atoms with E-state index in [1.54, 1.807) is 0 Å². The SMILES string of the molecule is CC(N)(C(=O)NCCCN)C1CC1. The summed E-state index contributed by atoms with van der Waals surface area (Å²) in [7, 11) is 0. The summed E-state index contributed by atoms with van der Waals surface area (Å²) in [6.07, 6.45) is 2.97. The molecular weight excluding hydrogens is 166 g/mol. The normalized spacial score (nSPS) is 20.8. The van der Waals surface area contributed by atoms with Gasteiger partial charge in [0.05, 0.1) is 5.54 Å². The molecular formula is C9H19N3O. The van der Waals surface area contributed by atoms with Crippen molar-refractivity contribution in [1.29, 1.82) is 0 Å². The monoisotopic (exact) mass is 185 g/mol. The first-order chi connectivity index (χ1) is 6.09. The minimum Gasteiger partial charge on any atom is -0.354 e. The van der Waals surface area contributed by atoms with Gasteiger partial charge in [-0.15, -0.1) is 0 Å². The Bertz CT molecular complexity index is 187. The van der Waals surface area contributed by atoms with Crippen molar-refractivity contribution in [2.75, 3.05) is 13.1 Å². The second kappa shape index (κ2) is 4.07. The molecule has 0 aromatic carbocycles. The summed E-state index contributed by atoms with van der Waals surface area (Å²) in [6, 6.07) is 0. The topological polar surface area (TPSA) is 81.1 Å².